The molecule has 0 bridgehead atoms. The highest BCUT2D eigenvalue weighted by molar-refractivity contribution is 6.34. The van der Waals surface area contributed by atoms with E-state index in [9.17, 15) is 4.79 Å². The molecular weight excluding hydrogens is 412 g/mol. The van der Waals surface area contributed by atoms with E-state index < -0.39 is 0 Å². The van der Waals surface area contributed by atoms with Crippen molar-refractivity contribution in [3.8, 4) is 5.75 Å². The van der Waals surface area contributed by atoms with Gasteiger partial charge in [-0.25, -0.2) is 4.98 Å². The first kappa shape index (κ1) is 19.5. The lowest BCUT2D eigenvalue weighted by atomic mass is 10.2. The number of benzene rings is 3. The molecule has 3 aromatic carbocycles. The van der Waals surface area contributed by atoms with E-state index >= 15 is 0 Å². The van der Waals surface area contributed by atoms with E-state index in [-0.39, 0.29) is 5.91 Å². The van der Waals surface area contributed by atoms with Crippen molar-refractivity contribution in [2.75, 3.05) is 23.9 Å². The molecular formula is C24H21ClN4O2. The Hall–Kier alpha value is -3.51. The minimum atomic E-state index is -0.219. The van der Waals surface area contributed by atoms with Crippen molar-refractivity contribution in [1.29, 1.82) is 0 Å². The van der Waals surface area contributed by atoms with Crippen LogP contribution in [0.15, 0.2) is 66.7 Å². The number of aromatic nitrogens is 2. The number of para-hydroxylation sites is 2. The highest BCUT2D eigenvalue weighted by Gasteiger charge is 2.21. The predicted octanol–water partition coefficient (Wildman–Crippen LogP) is 4.97. The number of nitrogens with zero attached hydrogens (tertiary/aromatic N) is 3. The Balaban J connectivity index is 1.33. The third kappa shape index (κ3) is 3.70. The quantitative estimate of drug-likeness (QED) is 0.494. The number of amides is 1. The minimum Gasteiger partial charge on any atom is -0.497 e. The molecule has 0 radical (unpaired) electrons. The number of fused-ring (bicyclic) bond motifs is 3. The summed E-state index contributed by atoms with van der Waals surface area (Å²) in [5.74, 6) is 1.53. The van der Waals surface area contributed by atoms with Gasteiger partial charge in [0, 0.05) is 24.3 Å². The molecule has 0 atom stereocenters. The predicted molar refractivity (Wildman–Crippen MR) is 123 cm³/mol. The molecule has 1 aliphatic rings. The molecule has 2 heterocycles. The fourth-order valence-electron chi connectivity index (χ4n) is 3.93. The van der Waals surface area contributed by atoms with Crippen LogP contribution in [-0.2, 0) is 13.1 Å². The third-order valence-corrected chi connectivity index (χ3v) is 5.89. The summed E-state index contributed by atoms with van der Waals surface area (Å²) in [6.07, 6.45) is 0. The molecule has 0 saturated carbocycles. The van der Waals surface area contributed by atoms with Crippen LogP contribution in [0.1, 0.15) is 16.2 Å². The molecule has 0 fully saturated rings. The summed E-state index contributed by atoms with van der Waals surface area (Å²) < 4.78 is 7.41. The first-order valence-corrected chi connectivity index (χ1v) is 10.4. The average molecular weight is 433 g/mol. The van der Waals surface area contributed by atoms with Gasteiger partial charge in [0.25, 0.3) is 5.91 Å². The van der Waals surface area contributed by atoms with Crippen LogP contribution in [0, 0.1) is 0 Å². The largest absolute Gasteiger partial charge is 0.497 e. The number of carbonyl (C=O) groups is 1. The lowest BCUT2D eigenvalue weighted by molar-refractivity contribution is 0.102. The number of rotatable bonds is 4. The number of hydrogen-bond acceptors (Lipinski definition) is 4. The van der Waals surface area contributed by atoms with Gasteiger partial charge in [-0.3, -0.25) is 4.79 Å². The maximum atomic E-state index is 12.5. The Labute approximate surface area is 185 Å². The zero-order valence-corrected chi connectivity index (χ0v) is 17.8. The van der Waals surface area contributed by atoms with E-state index in [1.54, 1.807) is 31.4 Å². The topological polar surface area (TPSA) is 59.4 Å². The van der Waals surface area contributed by atoms with E-state index in [4.69, 9.17) is 21.3 Å². The van der Waals surface area contributed by atoms with Gasteiger partial charge in [0.1, 0.15) is 11.6 Å². The van der Waals surface area contributed by atoms with E-state index in [1.165, 1.54) is 5.52 Å². The van der Waals surface area contributed by atoms with Gasteiger partial charge < -0.3 is 19.5 Å². The minimum absolute atomic E-state index is 0.219. The number of hydrogen-bond donors (Lipinski definition) is 1. The molecule has 1 amide bonds. The van der Waals surface area contributed by atoms with E-state index in [0.717, 1.165) is 30.1 Å². The van der Waals surface area contributed by atoms with Gasteiger partial charge in [-0.1, -0.05) is 23.7 Å². The van der Waals surface area contributed by atoms with Gasteiger partial charge in [-0.15, -0.1) is 0 Å². The fraction of sp³-hybridized carbons (Fsp3) is 0.167. The fourth-order valence-corrected chi connectivity index (χ4v) is 4.15. The van der Waals surface area contributed by atoms with Crippen molar-refractivity contribution in [3.05, 3.63) is 83.1 Å². The molecule has 6 nitrogen and oxygen atoms in total. The number of methoxy groups -OCH3 is 1. The van der Waals surface area contributed by atoms with Crippen LogP contribution in [0.25, 0.3) is 11.0 Å². The monoisotopic (exact) mass is 432 g/mol. The molecule has 5 rings (SSSR count). The molecule has 0 unspecified atom stereocenters. The second-order valence-electron chi connectivity index (χ2n) is 7.44. The molecule has 31 heavy (non-hydrogen) atoms. The number of nitrogens with one attached hydrogen (secondary N) is 1. The first-order valence-electron chi connectivity index (χ1n) is 10.1. The molecule has 7 heteroatoms. The summed E-state index contributed by atoms with van der Waals surface area (Å²) in [6.45, 7) is 2.44. The number of carbonyl (C=O) groups excluding carboxylic acids is 1. The number of halogens is 1. The Bertz CT molecular complexity index is 1270. The van der Waals surface area contributed by atoms with E-state index in [1.807, 2.05) is 36.4 Å². The second kappa shape index (κ2) is 7.96. The van der Waals surface area contributed by atoms with Gasteiger partial charge in [-0.05, 0) is 54.6 Å². The molecule has 0 aliphatic carbocycles. The summed E-state index contributed by atoms with van der Waals surface area (Å²) in [4.78, 5) is 19.6. The summed E-state index contributed by atoms with van der Waals surface area (Å²) in [5, 5.41) is 3.38. The summed E-state index contributed by atoms with van der Waals surface area (Å²) in [5.41, 5.74) is 4.32. The van der Waals surface area contributed by atoms with Crippen LogP contribution < -0.4 is 15.0 Å². The lowest BCUT2D eigenvalue weighted by Crippen LogP contribution is -2.33. The van der Waals surface area contributed by atoms with Crippen LogP contribution in [0.3, 0.4) is 0 Å². The maximum Gasteiger partial charge on any atom is 0.255 e. The third-order valence-electron chi connectivity index (χ3n) is 5.58. The van der Waals surface area contributed by atoms with Crippen LogP contribution in [0.5, 0.6) is 5.75 Å². The maximum absolute atomic E-state index is 12.5. The molecule has 1 N–H and O–H groups in total. The van der Waals surface area contributed by atoms with Crippen LogP contribution in [0.2, 0.25) is 5.02 Å². The van der Waals surface area contributed by atoms with Crippen molar-refractivity contribution in [3.63, 3.8) is 0 Å². The smallest absolute Gasteiger partial charge is 0.255 e. The first-order chi connectivity index (χ1) is 15.1. The van der Waals surface area contributed by atoms with Crippen molar-refractivity contribution in [2.24, 2.45) is 0 Å². The van der Waals surface area contributed by atoms with E-state index in [2.05, 4.69) is 20.9 Å². The van der Waals surface area contributed by atoms with Crippen LogP contribution >= 0.6 is 11.6 Å². The van der Waals surface area contributed by atoms with Crippen molar-refractivity contribution >= 4 is 39.9 Å². The zero-order valence-electron chi connectivity index (χ0n) is 17.0. The molecule has 0 saturated heterocycles. The number of ether oxygens (including phenoxy) is 1. The molecule has 4 aromatic rings. The van der Waals surface area contributed by atoms with Crippen molar-refractivity contribution < 1.29 is 9.53 Å². The summed E-state index contributed by atoms with van der Waals surface area (Å²) >= 11 is 6.51. The zero-order chi connectivity index (χ0) is 21.4. The molecule has 0 spiro atoms. The van der Waals surface area contributed by atoms with Gasteiger partial charge >= 0.3 is 0 Å². The highest BCUT2D eigenvalue weighted by Crippen LogP contribution is 2.31. The standard InChI is InChI=1S/C24H21ClN4O2/c1-31-18-9-6-16(7-10-18)24(30)27-20-11-8-17(14-19(20)25)28-12-13-29-22-5-3-2-4-21(22)26-23(29)15-28/h2-11,14H,12-13,15H2,1H3,(H,27,30). The van der Waals surface area contributed by atoms with Crippen molar-refractivity contribution in [1.82, 2.24) is 9.55 Å². The highest BCUT2D eigenvalue weighted by atomic mass is 35.5. The Morgan fingerprint density at radius 1 is 1.06 bits per heavy atom. The Morgan fingerprint density at radius 3 is 2.65 bits per heavy atom. The van der Waals surface area contributed by atoms with Gasteiger partial charge in [0.05, 0.1) is 35.4 Å². The SMILES string of the molecule is COc1ccc(C(=O)Nc2ccc(N3CCn4c(nc5ccccc54)C3)cc2Cl)cc1. The Morgan fingerprint density at radius 2 is 1.87 bits per heavy atom. The Kier molecular flexibility index (Phi) is 5.00. The van der Waals surface area contributed by atoms with Gasteiger partial charge in [0.2, 0.25) is 0 Å². The molecule has 156 valence electrons. The van der Waals surface area contributed by atoms with Gasteiger partial charge in [0.15, 0.2) is 0 Å². The lowest BCUT2D eigenvalue weighted by Gasteiger charge is -2.30. The van der Waals surface area contributed by atoms with E-state index in [0.29, 0.717) is 28.6 Å². The van der Waals surface area contributed by atoms with Crippen LogP contribution in [-0.4, -0.2) is 29.1 Å². The summed E-state index contributed by atoms with van der Waals surface area (Å²) in [6, 6.07) is 20.9. The number of anilines is 2. The molecule has 1 aromatic heterocycles. The number of imidazole rings is 1. The van der Waals surface area contributed by atoms with Crippen molar-refractivity contribution in [2.45, 2.75) is 13.1 Å². The summed E-state index contributed by atoms with van der Waals surface area (Å²) in [7, 11) is 1.59. The van der Waals surface area contributed by atoms with Crippen LogP contribution in [0.4, 0.5) is 11.4 Å². The molecule has 1 aliphatic heterocycles. The normalized spacial score (nSPS) is 13.2. The average Bonchev–Trinajstić information content (AvgIpc) is 3.18. The second-order valence-corrected chi connectivity index (χ2v) is 7.84. The van der Waals surface area contributed by atoms with Gasteiger partial charge in [-0.2, -0.15) is 0 Å².